The number of carbonyl (C=O) groups excluding carboxylic acids is 1. The molecule has 0 aliphatic rings. The lowest BCUT2D eigenvalue weighted by Crippen LogP contribution is -2.43. The van der Waals surface area contributed by atoms with E-state index in [2.05, 4.69) is 4.74 Å². The highest BCUT2D eigenvalue weighted by molar-refractivity contribution is 7.89. The highest BCUT2D eigenvalue weighted by Gasteiger charge is 2.24. The first-order chi connectivity index (χ1) is 8.29. The van der Waals surface area contributed by atoms with E-state index in [1.165, 1.54) is 0 Å². The molecule has 0 saturated carbocycles. The van der Waals surface area contributed by atoms with Crippen LogP contribution in [-0.2, 0) is 14.8 Å². The lowest BCUT2D eigenvalue weighted by atomic mass is 10.3. The third-order valence-electron chi connectivity index (χ3n) is 1.91. The number of nitrogens with one attached hydrogen (secondary N) is 1. The van der Waals surface area contributed by atoms with Gasteiger partial charge in [0.15, 0.2) is 11.6 Å². The number of ether oxygens (including phenoxy) is 1. The quantitative estimate of drug-likeness (QED) is 0.833. The molecule has 0 aromatic heterocycles. The second kappa shape index (κ2) is 5.27. The summed E-state index contributed by atoms with van der Waals surface area (Å²) in [6, 6.07) is 2.68. The van der Waals surface area contributed by atoms with Crippen LogP contribution in [0.15, 0.2) is 23.1 Å². The van der Waals surface area contributed by atoms with E-state index in [0.29, 0.717) is 5.01 Å². The van der Waals surface area contributed by atoms with Gasteiger partial charge in [-0.1, -0.05) is 6.07 Å². The van der Waals surface area contributed by atoms with Gasteiger partial charge in [0, 0.05) is 7.05 Å². The van der Waals surface area contributed by atoms with E-state index < -0.39 is 32.6 Å². The molecule has 0 radical (unpaired) electrons. The van der Waals surface area contributed by atoms with Gasteiger partial charge in [0.2, 0.25) is 0 Å². The normalized spacial score (nSPS) is 11.1. The summed E-state index contributed by atoms with van der Waals surface area (Å²) < 4.78 is 53.8. The van der Waals surface area contributed by atoms with Gasteiger partial charge in [-0.15, -0.1) is 4.83 Å². The molecule has 0 heterocycles. The molecule has 1 aromatic rings. The molecule has 0 unspecified atom stereocenters. The van der Waals surface area contributed by atoms with Gasteiger partial charge in [-0.05, 0) is 12.1 Å². The largest absolute Gasteiger partial charge is 0.452 e. The van der Waals surface area contributed by atoms with Gasteiger partial charge in [0.25, 0.3) is 10.0 Å². The SMILES string of the molecule is COC(=O)N(C)NS(=O)(=O)c1cccc(F)c1F. The highest BCUT2D eigenvalue weighted by atomic mass is 32.2. The molecule has 9 heteroatoms. The molecule has 100 valence electrons. The van der Waals surface area contributed by atoms with Crippen LogP contribution in [-0.4, -0.2) is 33.7 Å². The molecule has 0 atom stereocenters. The number of carbonyl (C=O) groups is 1. The van der Waals surface area contributed by atoms with Crippen LogP contribution in [0, 0.1) is 11.6 Å². The van der Waals surface area contributed by atoms with Crippen LogP contribution in [0.2, 0.25) is 0 Å². The number of hydrogen-bond donors (Lipinski definition) is 1. The van der Waals surface area contributed by atoms with Gasteiger partial charge in [-0.3, -0.25) is 0 Å². The molecule has 6 nitrogen and oxygen atoms in total. The van der Waals surface area contributed by atoms with Gasteiger partial charge >= 0.3 is 6.09 Å². The first-order valence-corrected chi connectivity index (χ1v) is 6.06. The van der Waals surface area contributed by atoms with Gasteiger partial charge in [0.1, 0.15) is 4.90 Å². The molecular formula is C9H10F2N2O4S. The van der Waals surface area contributed by atoms with Crippen LogP contribution in [0.4, 0.5) is 13.6 Å². The van der Waals surface area contributed by atoms with Crippen LogP contribution >= 0.6 is 0 Å². The first kappa shape index (κ1) is 14.3. The van der Waals surface area contributed by atoms with Crippen LogP contribution in [0.5, 0.6) is 0 Å². The van der Waals surface area contributed by atoms with Crippen molar-refractivity contribution in [2.45, 2.75) is 4.90 Å². The number of halogens is 2. The average Bonchev–Trinajstić information content (AvgIpc) is 2.30. The number of rotatable bonds is 3. The van der Waals surface area contributed by atoms with Crippen molar-refractivity contribution in [3.8, 4) is 0 Å². The maximum absolute atomic E-state index is 13.3. The Labute approximate surface area is 102 Å². The third-order valence-corrected chi connectivity index (χ3v) is 3.32. The minimum atomic E-state index is -4.41. The van der Waals surface area contributed by atoms with Gasteiger partial charge in [0.05, 0.1) is 7.11 Å². The molecule has 1 rings (SSSR count). The smallest absolute Gasteiger partial charge is 0.424 e. The minimum absolute atomic E-state index is 0.486. The van der Waals surface area contributed by atoms with Crippen molar-refractivity contribution in [2.24, 2.45) is 0 Å². The molecule has 0 saturated heterocycles. The Hall–Kier alpha value is -1.74. The van der Waals surface area contributed by atoms with Gasteiger partial charge < -0.3 is 4.74 Å². The highest BCUT2D eigenvalue weighted by Crippen LogP contribution is 2.16. The summed E-state index contributed by atoms with van der Waals surface area (Å²) in [6.45, 7) is 0. The first-order valence-electron chi connectivity index (χ1n) is 4.57. The van der Waals surface area contributed by atoms with Crippen molar-refractivity contribution in [2.75, 3.05) is 14.2 Å². The van der Waals surface area contributed by atoms with Gasteiger partial charge in [-0.25, -0.2) is 27.0 Å². The third kappa shape index (κ3) is 2.93. The fraction of sp³-hybridized carbons (Fsp3) is 0.222. The van der Waals surface area contributed by atoms with Crippen LogP contribution in [0.3, 0.4) is 0 Å². The summed E-state index contributed by atoms with van der Waals surface area (Å²) in [5.74, 6) is -2.83. The number of hydrogen-bond acceptors (Lipinski definition) is 4. The van der Waals surface area contributed by atoms with Crippen LogP contribution in [0.25, 0.3) is 0 Å². The molecular weight excluding hydrogens is 270 g/mol. The summed E-state index contributed by atoms with van der Waals surface area (Å²) in [5.41, 5.74) is 0. The maximum atomic E-state index is 13.3. The molecule has 0 bridgehead atoms. The topological polar surface area (TPSA) is 75.7 Å². The molecule has 0 aliphatic heterocycles. The van der Waals surface area contributed by atoms with Crippen molar-refractivity contribution >= 4 is 16.1 Å². The Morgan fingerprint density at radius 3 is 2.56 bits per heavy atom. The summed E-state index contributed by atoms with van der Waals surface area (Å²) in [6.07, 6.45) is -1.00. The molecule has 1 aromatic carbocycles. The van der Waals surface area contributed by atoms with E-state index in [0.717, 1.165) is 32.4 Å². The van der Waals surface area contributed by atoms with Crippen molar-refractivity contribution in [3.05, 3.63) is 29.8 Å². The van der Waals surface area contributed by atoms with Gasteiger partial charge in [-0.2, -0.15) is 0 Å². The summed E-state index contributed by atoms with van der Waals surface area (Å²) in [7, 11) is -2.31. The lowest BCUT2D eigenvalue weighted by Gasteiger charge is -2.16. The fourth-order valence-corrected chi connectivity index (χ4v) is 2.22. The lowest BCUT2D eigenvalue weighted by molar-refractivity contribution is 0.126. The summed E-state index contributed by atoms with van der Waals surface area (Å²) >= 11 is 0. The van der Waals surface area contributed by atoms with E-state index in [1.54, 1.807) is 4.83 Å². The molecule has 1 amide bonds. The fourth-order valence-electron chi connectivity index (χ4n) is 1.10. The number of nitrogens with zero attached hydrogens (tertiary/aromatic N) is 1. The molecule has 1 N–H and O–H groups in total. The maximum Gasteiger partial charge on any atom is 0.424 e. The second-order valence-corrected chi connectivity index (χ2v) is 4.81. The van der Waals surface area contributed by atoms with E-state index >= 15 is 0 Å². The summed E-state index contributed by atoms with van der Waals surface area (Å²) in [5, 5.41) is 0.486. The number of methoxy groups -OCH3 is 1. The van der Waals surface area contributed by atoms with Crippen molar-refractivity contribution in [3.63, 3.8) is 0 Å². The molecule has 0 fully saturated rings. The number of amides is 1. The zero-order chi connectivity index (χ0) is 13.9. The summed E-state index contributed by atoms with van der Waals surface area (Å²) in [4.78, 5) is 11.8. The van der Waals surface area contributed by atoms with E-state index in [4.69, 9.17) is 0 Å². The predicted molar refractivity (Wildman–Crippen MR) is 56.8 cm³/mol. The van der Waals surface area contributed by atoms with Crippen molar-refractivity contribution in [1.29, 1.82) is 0 Å². The van der Waals surface area contributed by atoms with E-state index in [9.17, 15) is 22.0 Å². The van der Waals surface area contributed by atoms with Crippen LogP contribution < -0.4 is 4.83 Å². The monoisotopic (exact) mass is 280 g/mol. The standard InChI is InChI=1S/C9H10F2N2O4S/c1-13(9(14)17-2)12-18(15,16)7-5-3-4-6(10)8(7)11/h3-5,12H,1-2H3. The Kier molecular flexibility index (Phi) is 4.19. The Morgan fingerprint density at radius 2 is 2.00 bits per heavy atom. The molecule has 0 spiro atoms. The second-order valence-electron chi connectivity index (χ2n) is 3.18. The minimum Gasteiger partial charge on any atom is -0.452 e. The number of sulfonamides is 1. The Bertz CT molecular complexity index is 562. The van der Waals surface area contributed by atoms with Crippen molar-refractivity contribution < 1.29 is 26.7 Å². The zero-order valence-corrected chi connectivity index (χ0v) is 10.3. The number of hydrazine groups is 1. The zero-order valence-electron chi connectivity index (χ0n) is 9.48. The average molecular weight is 280 g/mol. The Morgan fingerprint density at radius 1 is 1.39 bits per heavy atom. The van der Waals surface area contributed by atoms with Crippen LogP contribution in [0.1, 0.15) is 0 Å². The predicted octanol–water partition coefficient (Wildman–Crippen LogP) is 0.856. The number of benzene rings is 1. The molecule has 0 aliphatic carbocycles. The van der Waals surface area contributed by atoms with E-state index in [1.807, 2.05) is 0 Å². The van der Waals surface area contributed by atoms with Crippen molar-refractivity contribution in [1.82, 2.24) is 9.84 Å². The molecule has 18 heavy (non-hydrogen) atoms. The van der Waals surface area contributed by atoms with E-state index in [-0.39, 0.29) is 0 Å². The Balaban J connectivity index is 3.08.